The van der Waals surface area contributed by atoms with Gasteiger partial charge in [-0.1, -0.05) is 6.07 Å². The molecule has 4 nitrogen and oxygen atoms in total. The molecule has 0 unspecified atom stereocenters. The Morgan fingerprint density at radius 1 is 1.54 bits per heavy atom. The summed E-state index contributed by atoms with van der Waals surface area (Å²) in [7, 11) is 0. The minimum atomic E-state index is -1.54. The molecule has 70 valence electrons. The zero-order valence-electron chi connectivity index (χ0n) is 6.57. The molecule has 1 atom stereocenters. The van der Waals surface area contributed by atoms with E-state index in [1.165, 1.54) is 12.1 Å². The van der Waals surface area contributed by atoms with Gasteiger partial charge >= 0.3 is 5.97 Å². The van der Waals surface area contributed by atoms with Crippen LogP contribution >= 0.6 is 0 Å². The van der Waals surface area contributed by atoms with Gasteiger partial charge in [0, 0.05) is 0 Å². The minimum Gasteiger partial charge on any atom is -0.507 e. The number of phenols is 1. The first-order valence-electron chi connectivity index (χ1n) is 3.50. The van der Waals surface area contributed by atoms with E-state index < -0.39 is 29.1 Å². The van der Waals surface area contributed by atoms with Gasteiger partial charge in [-0.2, -0.15) is 0 Å². The van der Waals surface area contributed by atoms with E-state index in [-0.39, 0.29) is 0 Å². The van der Waals surface area contributed by atoms with E-state index in [0.717, 1.165) is 6.07 Å². The summed E-state index contributed by atoms with van der Waals surface area (Å²) in [6.45, 7) is 0. The van der Waals surface area contributed by atoms with Gasteiger partial charge in [0.25, 0.3) is 0 Å². The largest absolute Gasteiger partial charge is 0.507 e. The van der Waals surface area contributed by atoms with Crippen molar-refractivity contribution in [2.24, 2.45) is 5.73 Å². The van der Waals surface area contributed by atoms with Gasteiger partial charge in [-0.3, -0.25) is 4.79 Å². The smallest absolute Gasteiger partial charge is 0.325 e. The average Bonchev–Trinajstić information content (AvgIpc) is 2.03. The van der Waals surface area contributed by atoms with E-state index in [4.69, 9.17) is 15.9 Å². The zero-order valence-corrected chi connectivity index (χ0v) is 6.57. The van der Waals surface area contributed by atoms with Crippen molar-refractivity contribution in [2.45, 2.75) is 6.04 Å². The number of nitrogens with two attached hydrogens (primary N) is 1. The average molecular weight is 185 g/mol. The van der Waals surface area contributed by atoms with E-state index in [2.05, 4.69) is 0 Å². The molecule has 0 aliphatic carbocycles. The molecule has 0 heterocycles. The molecule has 1 rings (SSSR count). The highest BCUT2D eigenvalue weighted by molar-refractivity contribution is 5.76. The quantitative estimate of drug-likeness (QED) is 0.630. The van der Waals surface area contributed by atoms with Crippen LogP contribution in [0.5, 0.6) is 5.75 Å². The molecule has 0 aliphatic rings. The molecule has 0 fully saturated rings. The van der Waals surface area contributed by atoms with Crippen LogP contribution in [0.1, 0.15) is 11.6 Å². The number of aliphatic carboxylic acids is 1. The maximum atomic E-state index is 13.0. The second-order valence-electron chi connectivity index (χ2n) is 2.49. The third kappa shape index (κ3) is 1.75. The van der Waals surface area contributed by atoms with Crippen LogP contribution in [0.3, 0.4) is 0 Å². The number of halogens is 1. The van der Waals surface area contributed by atoms with Gasteiger partial charge in [0.15, 0.2) is 0 Å². The lowest BCUT2D eigenvalue weighted by atomic mass is 10.1. The fraction of sp³-hybridized carbons (Fsp3) is 0.125. The van der Waals surface area contributed by atoms with Crippen molar-refractivity contribution in [3.8, 4) is 5.75 Å². The molecule has 4 N–H and O–H groups in total. The number of rotatable bonds is 2. The SMILES string of the molecule is N[C@@H](C(=O)O)c1c(O)cccc1F. The molecule has 0 saturated heterocycles. The summed E-state index contributed by atoms with van der Waals surface area (Å²) in [6, 6.07) is 1.95. The Labute approximate surface area is 73.4 Å². The van der Waals surface area contributed by atoms with Crippen LogP contribution in [0.4, 0.5) is 4.39 Å². The third-order valence-corrected chi connectivity index (χ3v) is 1.61. The van der Waals surface area contributed by atoms with Crippen molar-refractivity contribution in [1.29, 1.82) is 0 Å². The third-order valence-electron chi connectivity index (χ3n) is 1.61. The molecule has 1 aromatic carbocycles. The van der Waals surface area contributed by atoms with Gasteiger partial charge in [-0.15, -0.1) is 0 Å². The number of hydrogen-bond acceptors (Lipinski definition) is 3. The summed E-state index contributed by atoms with van der Waals surface area (Å²) < 4.78 is 13.0. The van der Waals surface area contributed by atoms with Gasteiger partial charge < -0.3 is 15.9 Å². The molecule has 0 bridgehead atoms. The second kappa shape index (κ2) is 3.40. The van der Waals surface area contributed by atoms with Crippen LogP contribution in [0.15, 0.2) is 18.2 Å². The van der Waals surface area contributed by atoms with E-state index in [0.29, 0.717) is 0 Å². The molecule has 5 heteroatoms. The highest BCUT2D eigenvalue weighted by Crippen LogP contribution is 2.25. The van der Waals surface area contributed by atoms with Crippen molar-refractivity contribution in [1.82, 2.24) is 0 Å². The molecular weight excluding hydrogens is 177 g/mol. The zero-order chi connectivity index (χ0) is 10.0. The lowest BCUT2D eigenvalue weighted by Crippen LogP contribution is -2.21. The monoisotopic (exact) mass is 185 g/mol. The first-order chi connectivity index (χ1) is 6.04. The molecule has 0 aliphatic heterocycles. The van der Waals surface area contributed by atoms with Gasteiger partial charge in [0.1, 0.15) is 17.6 Å². The molecule has 0 saturated carbocycles. The van der Waals surface area contributed by atoms with Crippen LogP contribution in [0, 0.1) is 5.82 Å². The second-order valence-corrected chi connectivity index (χ2v) is 2.49. The van der Waals surface area contributed by atoms with Gasteiger partial charge in [0.05, 0.1) is 5.56 Å². The highest BCUT2D eigenvalue weighted by Gasteiger charge is 2.21. The van der Waals surface area contributed by atoms with Crippen LogP contribution in [0.2, 0.25) is 0 Å². The van der Waals surface area contributed by atoms with Gasteiger partial charge in [-0.05, 0) is 12.1 Å². The first kappa shape index (κ1) is 9.47. The Kier molecular flexibility index (Phi) is 2.48. The summed E-state index contributed by atoms with van der Waals surface area (Å²) in [4.78, 5) is 10.4. The number of aromatic hydroxyl groups is 1. The Balaban J connectivity index is 3.20. The lowest BCUT2D eigenvalue weighted by Gasteiger charge is -2.09. The topological polar surface area (TPSA) is 83.6 Å². The van der Waals surface area contributed by atoms with Crippen LogP contribution in [-0.4, -0.2) is 16.2 Å². The Bertz CT molecular complexity index is 320. The molecule has 0 amide bonds. The Hall–Kier alpha value is -1.62. The van der Waals surface area contributed by atoms with Crippen molar-refractivity contribution >= 4 is 5.97 Å². The number of benzene rings is 1. The fourth-order valence-electron chi connectivity index (χ4n) is 0.957. The lowest BCUT2D eigenvalue weighted by molar-refractivity contribution is -0.138. The summed E-state index contributed by atoms with van der Waals surface area (Å²) in [5, 5.41) is 17.6. The molecular formula is C8H8FNO3. The Morgan fingerprint density at radius 3 is 2.62 bits per heavy atom. The van der Waals surface area contributed by atoms with Crippen molar-refractivity contribution in [3.63, 3.8) is 0 Å². The molecule has 13 heavy (non-hydrogen) atoms. The normalized spacial score (nSPS) is 12.5. The van der Waals surface area contributed by atoms with Crippen LogP contribution in [0.25, 0.3) is 0 Å². The number of hydrogen-bond donors (Lipinski definition) is 3. The van der Waals surface area contributed by atoms with Crippen molar-refractivity contribution in [3.05, 3.63) is 29.6 Å². The highest BCUT2D eigenvalue weighted by atomic mass is 19.1. The molecule has 0 radical (unpaired) electrons. The van der Waals surface area contributed by atoms with Crippen LogP contribution in [-0.2, 0) is 4.79 Å². The number of carboxylic acid groups (broad SMARTS) is 1. The number of carboxylic acids is 1. The van der Waals surface area contributed by atoms with E-state index in [1.54, 1.807) is 0 Å². The predicted octanol–water partition coefficient (Wildman–Crippen LogP) is 0.616. The molecule has 1 aromatic rings. The first-order valence-corrected chi connectivity index (χ1v) is 3.50. The van der Waals surface area contributed by atoms with E-state index in [9.17, 15) is 9.18 Å². The number of carbonyl (C=O) groups is 1. The number of phenolic OH excluding ortho intramolecular Hbond substituents is 1. The van der Waals surface area contributed by atoms with Crippen molar-refractivity contribution in [2.75, 3.05) is 0 Å². The summed E-state index contributed by atoms with van der Waals surface area (Å²) in [5.74, 6) is -2.66. The summed E-state index contributed by atoms with van der Waals surface area (Å²) >= 11 is 0. The summed E-state index contributed by atoms with van der Waals surface area (Å²) in [5.41, 5.74) is 4.75. The molecule has 0 spiro atoms. The van der Waals surface area contributed by atoms with Gasteiger partial charge in [0.2, 0.25) is 0 Å². The van der Waals surface area contributed by atoms with Gasteiger partial charge in [-0.25, -0.2) is 4.39 Å². The predicted molar refractivity (Wildman–Crippen MR) is 42.6 cm³/mol. The summed E-state index contributed by atoms with van der Waals surface area (Å²) in [6.07, 6.45) is 0. The Morgan fingerprint density at radius 2 is 2.15 bits per heavy atom. The van der Waals surface area contributed by atoms with Crippen LogP contribution < -0.4 is 5.73 Å². The maximum absolute atomic E-state index is 13.0. The van der Waals surface area contributed by atoms with E-state index >= 15 is 0 Å². The van der Waals surface area contributed by atoms with Crippen molar-refractivity contribution < 1.29 is 19.4 Å². The van der Waals surface area contributed by atoms with E-state index in [1.807, 2.05) is 0 Å². The fourth-order valence-corrected chi connectivity index (χ4v) is 0.957. The maximum Gasteiger partial charge on any atom is 0.325 e. The minimum absolute atomic E-state index is 0.394. The molecule has 0 aromatic heterocycles. The standard InChI is InChI=1S/C8H8FNO3/c9-4-2-1-3-5(11)6(4)7(10)8(12)13/h1-3,7,11H,10H2,(H,12,13)/t7-/m1/s1.